The normalized spacial score (nSPS) is 13.0. The minimum Gasteiger partial charge on any atom is -0.458 e. The van der Waals surface area contributed by atoms with Gasteiger partial charge in [-0.2, -0.15) is 0 Å². The third-order valence-electron chi connectivity index (χ3n) is 17.0. The number of anilines is 6. The van der Waals surface area contributed by atoms with E-state index in [4.69, 9.17) is 9.15 Å². The predicted octanol–water partition coefficient (Wildman–Crippen LogP) is 19.5. The summed E-state index contributed by atoms with van der Waals surface area (Å²) in [6, 6.07) is 84.9. The smallest absolute Gasteiger partial charge is 0.256 e. The second kappa shape index (κ2) is 18.8. The highest BCUT2D eigenvalue weighted by molar-refractivity contribution is 6.99. The lowest BCUT2D eigenvalue weighted by molar-refractivity contribution is 0.483. The summed E-state index contributed by atoms with van der Waals surface area (Å²) in [6.45, 7) is 20.4. The molecule has 14 rings (SSSR count). The molecule has 2 aliphatic heterocycles. The van der Waals surface area contributed by atoms with Crippen LogP contribution in [0.3, 0.4) is 0 Å². The van der Waals surface area contributed by atoms with Gasteiger partial charge in [0.15, 0.2) is 0 Å². The SMILES string of the molecule is CC(C)(C)c1ccc(N2c3cc4c(-c5ccccc5)oc(-c5ccccc5)c4cc3B3c4ccc(N(c5ccc(C(C)(C)C)cc5)c5c6ccccc6c(-c6ccccc6)c6ccccc56)cc4Oc4cc(C(C)(C)C)cc2c43)cc1. The van der Waals surface area contributed by atoms with Crippen LogP contribution < -0.4 is 30.9 Å². The van der Waals surface area contributed by atoms with Crippen molar-refractivity contribution in [2.24, 2.45) is 0 Å². The lowest BCUT2D eigenvalue weighted by atomic mass is 9.34. The van der Waals surface area contributed by atoms with Crippen molar-refractivity contribution in [1.29, 1.82) is 0 Å². The van der Waals surface area contributed by atoms with E-state index in [1.54, 1.807) is 0 Å². The summed E-state index contributed by atoms with van der Waals surface area (Å²) < 4.78 is 14.7. The molecule has 0 saturated carbocycles. The summed E-state index contributed by atoms with van der Waals surface area (Å²) in [7, 11) is 0. The van der Waals surface area contributed by atoms with E-state index in [9.17, 15) is 0 Å². The van der Waals surface area contributed by atoms with Crippen molar-refractivity contribution in [1.82, 2.24) is 0 Å². The molecule has 0 spiro atoms. The van der Waals surface area contributed by atoms with Gasteiger partial charge in [0.25, 0.3) is 6.71 Å². The summed E-state index contributed by atoms with van der Waals surface area (Å²) in [5.41, 5.74) is 18.1. The first-order valence-electron chi connectivity index (χ1n) is 28.6. The van der Waals surface area contributed by atoms with E-state index in [-0.39, 0.29) is 23.0 Å². The third kappa shape index (κ3) is 8.44. The molecule has 0 bridgehead atoms. The fraction of sp³-hybridized carbons (Fsp3) is 0.158. The maximum atomic E-state index is 7.57. The molecule has 81 heavy (non-hydrogen) atoms. The lowest BCUT2D eigenvalue weighted by Gasteiger charge is -2.41. The molecular formula is C76H65BN2O2. The monoisotopic (exact) mass is 1050 g/mol. The second-order valence-corrected chi connectivity index (χ2v) is 25.3. The molecule has 0 amide bonds. The fourth-order valence-electron chi connectivity index (χ4n) is 12.7. The topological polar surface area (TPSA) is 28.9 Å². The van der Waals surface area contributed by atoms with E-state index < -0.39 is 0 Å². The average molecular weight is 1050 g/mol. The first-order chi connectivity index (χ1) is 39.1. The van der Waals surface area contributed by atoms with Crippen LogP contribution in [0.1, 0.15) is 79.0 Å². The van der Waals surface area contributed by atoms with Crippen LogP contribution in [0.15, 0.2) is 235 Å². The van der Waals surface area contributed by atoms with Gasteiger partial charge in [-0.25, -0.2) is 0 Å². The van der Waals surface area contributed by atoms with Gasteiger partial charge in [0, 0.05) is 67.2 Å². The highest BCUT2D eigenvalue weighted by atomic mass is 16.5. The van der Waals surface area contributed by atoms with Crippen LogP contribution >= 0.6 is 0 Å². The van der Waals surface area contributed by atoms with Crippen LogP contribution in [0.4, 0.5) is 34.1 Å². The summed E-state index contributed by atoms with van der Waals surface area (Å²) in [5.74, 6) is 3.42. The van der Waals surface area contributed by atoms with Crippen LogP contribution in [0.5, 0.6) is 11.5 Å². The quantitative estimate of drug-likeness (QED) is 0.117. The van der Waals surface area contributed by atoms with Gasteiger partial charge in [0.05, 0.1) is 5.69 Å². The van der Waals surface area contributed by atoms with Gasteiger partial charge in [0.1, 0.15) is 23.0 Å². The van der Waals surface area contributed by atoms with Crippen molar-refractivity contribution in [3.05, 3.63) is 247 Å². The van der Waals surface area contributed by atoms with E-state index in [0.29, 0.717) is 0 Å². The number of nitrogens with zero attached hydrogens (tertiary/aromatic N) is 2. The Kier molecular flexibility index (Phi) is 11.6. The zero-order chi connectivity index (χ0) is 55.5. The first kappa shape index (κ1) is 50.2. The Balaban J connectivity index is 1.05. The number of ether oxygens (including phenoxy) is 1. The van der Waals surface area contributed by atoms with Crippen LogP contribution in [0.2, 0.25) is 0 Å². The van der Waals surface area contributed by atoms with E-state index in [2.05, 4.69) is 303 Å². The maximum Gasteiger partial charge on any atom is 0.256 e. The van der Waals surface area contributed by atoms with Gasteiger partial charge in [-0.05, 0) is 120 Å². The standard InChI is InChI=1S/C76H65BN2O2/c1-74(2,3)51-33-37-54(38-34-51)78(71-59-31-21-19-29-57(59)69(48-23-13-10-14-24-48)58-30-20-22-32-60(58)71)56-41-42-63-67(45-56)80-68-44-53(76(7,8)9)43-66-70(68)77(63)64-46-61-62(47-65(64)79(66)55-39-35-52(36-40-55)75(4,5)6)73(50-27-17-12-18-28-50)81-72(61)49-25-15-11-16-26-49/h10-47H,1-9H3. The van der Waals surface area contributed by atoms with Crippen LogP contribution in [0, 0.1) is 0 Å². The lowest BCUT2D eigenvalue weighted by Crippen LogP contribution is -2.59. The Bertz CT molecular complexity index is 4350. The van der Waals surface area contributed by atoms with Gasteiger partial charge in [-0.3, -0.25) is 0 Å². The fourth-order valence-corrected chi connectivity index (χ4v) is 12.7. The number of fused-ring (bicyclic) bond motifs is 7. The van der Waals surface area contributed by atoms with E-state index in [1.165, 1.54) is 54.8 Å². The predicted molar refractivity (Wildman–Crippen MR) is 344 cm³/mol. The molecule has 11 aromatic carbocycles. The van der Waals surface area contributed by atoms with Crippen molar-refractivity contribution >= 4 is 89.5 Å². The molecule has 0 unspecified atom stereocenters. The Morgan fingerprint density at radius 1 is 0.370 bits per heavy atom. The molecule has 0 saturated heterocycles. The Morgan fingerprint density at radius 3 is 1.40 bits per heavy atom. The number of rotatable bonds is 7. The average Bonchev–Trinajstić information content (AvgIpc) is 4.09. The van der Waals surface area contributed by atoms with Crippen molar-refractivity contribution < 1.29 is 9.15 Å². The van der Waals surface area contributed by atoms with Gasteiger partial charge < -0.3 is 19.0 Å². The molecule has 12 aromatic rings. The van der Waals surface area contributed by atoms with Crippen LogP contribution in [0.25, 0.3) is 66.1 Å². The number of furan rings is 1. The van der Waals surface area contributed by atoms with Crippen molar-refractivity contribution in [3.63, 3.8) is 0 Å². The van der Waals surface area contributed by atoms with Gasteiger partial charge in [0.2, 0.25) is 0 Å². The van der Waals surface area contributed by atoms with E-state index in [0.717, 1.165) is 90.0 Å². The Labute approximate surface area is 477 Å². The van der Waals surface area contributed by atoms with Gasteiger partial charge >= 0.3 is 0 Å². The molecule has 394 valence electrons. The highest BCUT2D eigenvalue weighted by Crippen LogP contribution is 2.51. The zero-order valence-corrected chi connectivity index (χ0v) is 47.7. The highest BCUT2D eigenvalue weighted by Gasteiger charge is 2.44. The number of benzene rings is 11. The maximum absolute atomic E-state index is 7.57. The minimum absolute atomic E-state index is 0.0101. The number of hydrogen-bond acceptors (Lipinski definition) is 4. The molecule has 5 heteroatoms. The minimum atomic E-state index is -0.196. The molecule has 0 atom stereocenters. The van der Waals surface area contributed by atoms with Crippen molar-refractivity contribution in [2.75, 3.05) is 9.80 Å². The summed E-state index contributed by atoms with van der Waals surface area (Å²) in [4.78, 5) is 4.98. The van der Waals surface area contributed by atoms with E-state index >= 15 is 0 Å². The van der Waals surface area contributed by atoms with Gasteiger partial charge in [-0.1, -0.05) is 238 Å². The van der Waals surface area contributed by atoms with E-state index in [1.807, 2.05) is 0 Å². The second-order valence-electron chi connectivity index (χ2n) is 25.3. The molecule has 1 aromatic heterocycles. The zero-order valence-electron chi connectivity index (χ0n) is 47.7. The summed E-state index contributed by atoms with van der Waals surface area (Å²) >= 11 is 0. The molecule has 0 radical (unpaired) electrons. The largest absolute Gasteiger partial charge is 0.458 e. The third-order valence-corrected chi connectivity index (χ3v) is 17.0. The molecule has 0 aliphatic carbocycles. The molecular weight excluding hydrogens is 984 g/mol. The van der Waals surface area contributed by atoms with Crippen molar-refractivity contribution in [3.8, 4) is 45.3 Å². The Morgan fingerprint density at radius 2 is 0.852 bits per heavy atom. The first-order valence-corrected chi connectivity index (χ1v) is 28.6. The summed E-state index contributed by atoms with van der Waals surface area (Å²) in [6.07, 6.45) is 0. The summed E-state index contributed by atoms with van der Waals surface area (Å²) in [5, 5.41) is 6.88. The molecule has 0 N–H and O–H groups in total. The molecule has 2 aliphatic rings. The van der Waals surface area contributed by atoms with Crippen LogP contribution in [-0.2, 0) is 16.2 Å². The molecule has 0 fully saturated rings. The number of hydrogen-bond donors (Lipinski definition) is 0. The molecule has 3 heterocycles. The van der Waals surface area contributed by atoms with Gasteiger partial charge in [-0.15, -0.1) is 0 Å². The molecule has 4 nitrogen and oxygen atoms in total. The van der Waals surface area contributed by atoms with Crippen LogP contribution in [-0.4, -0.2) is 6.71 Å². The Hall–Kier alpha value is -9.06. The van der Waals surface area contributed by atoms with Crippen molar-refractivity contribution in [2.45, 2.75) is 78.6 Å².